The highest BCUT2D eigenvalue weighted by atomic mass is 16.5. The molecule has 104 valence electrons. The van der Waals surface area contributed by atoms with Gasteiger partial charge in [-0.2, -0.15) is 0 Å². The van der Waals surface area contributed by atoms with E-state index in [2.05, 4.69) is 73.9 Å². The molecule has 0 saturated heterocycles. The molecule has 2 nitrogen and oxygen atoms in total. The van der Waals surface area contributed by atoms with Gasteiger partial charge in [-0.3, -0.25) is 0 Å². The normalized spacial score (nSPS) is 13.4. The van der Waals surface area contributed by atoms with Crippen LogP contribution in [-0.2, 0) is 4.74 Å². The monoisotopic (exact) mass is 267 g/mol. The van der Waals surface area contributed by atoms with E-state index in [1.165, 1.54) is 21.8 Å². The van der Waals surface area contributed by atoms with E-state index in [0.717, 1.165) is 6.61 Å². The van der Waals surface area contributed by atoms with Crippen LogP contribution in [0.15, 0.2) is 48.5 Å². The van der Waals surface area contributed by atoms with Crippen molar-refractivity contribution < 1.29 is 4.74 Å². The third-order valence-corrected chi connectivity index (χ3v) is 3.78. The smallest absolute Gasteiger partial charge is 0.136 e. The third kappa shape index (κ3) is 2.01. The highest BCUT2D eigenvalue weighted by Crippen LogP contribution is 2.34. The maximum absolute atomic E-state index is 6.03. The molecule has 0 fully saturated rings. The Labute approximate surface area is 120 Å². The molecule has 0 aliphatic carbocycles. The fourth-order valence-corrected chi connectivity index (χ4v) is 2.96. The molecule has 1 atom stereocenters. The van der Waals surface area contributed by atoms with Crippen molar-refractivity contribution in [2.24, 2.45) is 5.92 Å². The summed E-state index contributed by atoms with van der Waals surface area (Å²) in [6.07, 6.45) is 0.0739. The van der Waals surface area contributed by atoms with Gasteiger partial charge in [0.15, 0.2) is 0 Å². The van der Waals surface area contributed by atoms with Crippen molar-refractivity contribution in [1.29, 1.82) is 0 Å². The molecule has 3 rings (SSSR count). The average molecular weight is 267 g/mol. The molecule has 1 heterocycles. The Kier molecular flexibility index (Phi) is 3.49. The summed E-state index contributed by atoms with van der Waals surface area (Å²) in [5.41, 5.74) is 2.50. The Morgan fingerprint density at radius 3 is 1.85 bits per heavy atom. The lowest BCUT2D eigenvalue weighted by molar-refractivity contribution is -0.0169. The van der Waals surface area contributed by atoms with Crippen LogP contribution in [0.2, 0.25) is 0 Å². The molecule has 0 spiro atoms. The van der Waals surface area contributed by atoms with Gasteiger partial charge in [0.05, 0.1) is 11.0 Å². The quantitative estimate of drug-likeness (QED) is 0.650. The van der Waals surface area contributed by atoms with Gasteiger partial charge in [-0.15, -0.1) is 0 Å². The number of rotatable bonds is 4. The predicted octanol–water partition coefficient (Wildman–Crippen LogP) is 4.99. The zero-order valence-electron chi connectivity index (χ0n) is 12.3. The van der Waals surface area contributed by atoms with E-state index in [1.807, 2.05) is 0 Å². The third-order valence-electron chi connectivity index (χ3n) is 3.78. The van der Waals surface area contributed by atoms with Crippen LogP contribution in [0.1, 0.15) is 27.0 Å². The average Bonchev–Trinajstić information content (AvgIpc) is 2.79. The summed E-state index contributed by atoms with van der Waals surface area (Å²) in [5.74, 6) is 0.425. The molecule has 0 bridgehead atoms. The minimum Gasteiger partial charge on any atom is -0.358 e. The molecule has 0 aliphatic rings. The topological polar surface area (TPSA) is 14.2 Å². The molecule has 0 radical (unpaired) electrons. The van der Waals surface area contributed by atoms with Gasteiger partial charge in [0.2, 0.25) is 0 Å². The maximum Gasteiger partial charge on any atom is 0.136 e. The number of para-hydroxylation sites is 2. The summed E-state index contributed by atoms with van der Waals surface area (Å²) in [7, 11) is 0. The van der Waals surface area contributed by atoms with Crippen LogP contribution in [0.25, 0.3) is 21.8 Å². The fraction of sp³-hybridized carbons (Fsp3) is 0.333. The lowest BCUT2D eigenvalue weighted by atomic mass is 10.2. The summed E-state index contributed by atoms with van der Waals surface area (Å²) in [6.45, 7) is 7.21. The van der Waals surface area contributed by atoms with E-state index in [4.69, 9.17) is 4.74 Å². The number of nitrogens with zero attached hydrogens (tertiary/aromatic N) is 1. The van der Waals surface area contributed by atoms with Crippen LogP contribution in [-0.4, -0.2) is 11.2 Å². The van der Waals surface area contributed by atoms with Gasteiger partial charge in [0.25, 0.3) is 0 Å². The summed E-state index contributed by atoms with van der Waals surface area (Å²) in [4.78, 5) is 0. The number of aromatic nitrogens is 1. The Bertz CT molecular complexity index is 673. The molecule has 1 aromatic heterocycles. The van der Waals surface area contributed by atoms with Gasteiger partial charge in [-0.25, -0.2) is 0 Å². The number of benzene rings is 2. The lowest BCUT2D eigenvalue weighted by Crippen LogP contribution is -2.18. The molecule has 0 N–H and O–H groups in total. The largest absolute Gasteiger partial charge is 0.358 e. The molecule has 20 heavy (non-hydrogen) atoms. The van der Waals surface area contributed by atoms with E-state index in [-0.39, 0.29) is 6.23 Å². The van der Waals surface area contributed by atoms with Crippen LogP contribution < -0.4 is 0 Å². The minimum absolute atomic E-state index is 0.0739. The number of ether oxygens (including phenoxy) is 1. The van der Waals surface area contributed by atoms with Crippen molar-refractivity contribution >= 4 is 21.8 Å². The van der Waals surface area contributed by atoms with Gasteiger partial charge < -0.3 is 9.30 Å². The van der Waals surface area contributed by atoms with Crippen molar-refractivity contribution in [3.8, 4) is 0 Å². The first-order valence-electron chi connectivity index (χ1n) is 7.33. The molecule has 0 amide bonds. The summed E-state index contributed by atoms with van der Waals surface area (Å²) in [6, 6.07) is 17.2. The highest BCUT2D eigenvalue weighted by molar-refractivity contribution is 6.08. The standard InChI is InChI=1S/C18H21NO/c1-4-20-18(13(2)3)19-16-11-7-5-9-14(16)15-10-6-8-12-17(15)19/h5-13,18H,4H2,1-3H3/t18-/m0/s1. The van der Waals surface area contributed by atoms with Crippen LogP contribution in [0.5, 0.6) is 0 Å². The molecular weight excluding hydrogens is 246 g/mol. The van der Waals surface area contributed by atoms with E-state index in [1.54, 1.807) is 0 Å². The zero-order valence-corrected chi connectivity index (χ0v) is 12.3. The number of hydrogen-bond donors (Lipinski definition) is 0. The van der Waals surface area contributed by atoms with E-state index >= 15 is 0 Å². The first kappa shape index (κ1) is 13.2. The van der Waals surface area contributed by atoms with Crippen LogP contribution in [0.3, 0.4) is 0 Å². The summed E-state index contributed by atoms with van der Waals surface area (Å²) in [5, 5.41) is 2.60. The second-order valence-corrected chi connectivity index (χ2v) is 5.49. The summed E-state index contributed by atoms with van der Waals surface area (Å²) < 4.78 is 8.37. The van der Waals surface area contributed by atoms with Gasteiger partial charge in [-0.05, 0) is 25.0 Å². The Balaban J connectivity index is 2.36. The van der Waals surface area contributed by atoms with Crippen molar-refractivity contribution in [3.05, 3.63) is 48.5 Å². The Morgan fingerprint density at radius 2 is 1.40 bits per heavy atom. The van der Waals surface area contributed by atoms with Gasteiger partial charge in [-0.1, -0.05) is 50.2 Å². The van der Waals surface area contributed by atoms with E-state index < -0.39 is 0 Å². The SMILES string of the molecule is CCO[C@@H](C(C)C)n1c2ccccc2c2ccccc21. The predicted molar refractivity (Wildman–Crippen MR) is 84.9 cm³/mol. The number of hydrogen-bond acceptors (Lipinski definition) is 1. The van der Waals surface area contributed by atoms with Crippen molar-refractivity contribution in [2.75, 3.05) is 6.61 Å². The van der Waals surface area contributed by atoms with Crippen molar-refractivity contribution in [3.63, 3.8) is 0 Å². The highest BCUT2D eigenvalue weighted by Gasteiger charge is 2.20. The summed E-state index contributed by atoms with van der Waals surface area (Å²) >= 11 is 0. The molecule has 2 heteroatoms. The minimum atomic E-state index is 0.0739. The molecule has 2 aromatic carbocycles. The lowest BCUT2D eigenvalue weighted by Gasteiger charge is -2.24. The molecular formula is C18H21NO. The molecule has 0 saturated carbocycles. The van der Waals surface area contributed by atoms with Crippen LogP contribution >= 0.6 is 0 Å². The van der Waals surface area contributed by atoms with Crippen LogP contribution in [0.4, 0.5) is 0 Å². The molecule has 0 unspecified atom stereocenters. The fourth-order valence-electron chi connectivity index (χ4n) is 2.96. The maximum atomic E-state index is 6.03. The van der Waals surface area contributed by atoms with Gasteiger partial charge >= 0.3 is 0 Å². The van der Waals surface area contributed by atoms with Gasteiger partial charge in [0, 0.05) is 17.4 Å². The van der Waals surface area contributed by atoms with Crippen LogP contribution in [0, 0.1) is 5.92 Å². The second-order valence-electron chi connectivity index (χ2n) is 5.49. The number of fused-ring (bicyclic) bond motifs is 3. The zero-order chi connectivity index (χ0) is 14.1. The first-order valence-corrected chi connectivity index (χ1v) is 7.33. The first-order chi connectivity index (χ1) is 9.74. The second kappa shape index (κ2) is 5.29. The van der Waals surface area contributed by atoms with Gasteiger partial charge in [0.1, 0.15) is 6.23 Å². The van der Waals surface area contributed by atoms with E-state index in [9.17, 15) is 0 Å². The Hall–Kier alpha value is -1.80. The molecule has 0 aliphatic heterocycles. The molecule has 3 aromatic rings. The Morgan fingerprint density at radius 1 is 0.900 bits per heavy atom. The van der Waals surface area contributed by atoms with E-state index in [0.29, 0.717) is 5.92 Å². The van der Waals surface area contributed by atoms with Crippen molar-refractivity contribution in [1.82, 2.24) is 4.57 Å². The van der Waals surface area contributed by atoms with Crippen molar-refractivity contribution in [2.45, 2.75) is 27.0 Å².